The summed E-state index contributed by atoms with van der Waals surface area (Å²) in [7, 11) is 0. The summed E-state index contributed by atoms with van der Waals surface area (Å²) in [5.74, 6) is 1.15. The standard InChI is InChI=1S/C16H21NO2/c1-15(2,3)14(18)17-10-16(4)9-12(17)11-7-5-6-8-13(11)19-16/h5-8,12H,9-10H2,1-4H3. The van der Waals surface area contributed by atoms with Gasteiger partial charge in [-0.15, -0.1) is 0 Å². The summed E-state index contributed by atoms with van der Waals surface area (Å²) in [5.41, 5.74) is 0.568. The van der Waals surface area contributed by atoms with Crippen molar-refractivity contribution in [3.8, 4) is 5.75 Å². The maximum atomic E-state index is 12.6. The van der Waals surface area contributed by atoms with E-state index in [-0.39, 0.29) is 23.0 Å². The Bertz CT molecular complexity index is 532. The molecule has 0 radical (unpaired) electrons. The Hall–Kier alpha value is -1.51. The van der Waals surface area contributed by atoms with Gasteiger partial charge in [0.25, 0.3) is 0 Å². The molecule has 2 atom stereocenters. The molecule has 0 aliphatic carbocycles. The second-order valence-corrected chi connectivity index (χ2v) is 6.99. The van der Waals surface area contributed by atoms with Crippen LogP contribution >= 0.6 is 0 Å². The van der Waals surface area contributed by atoms with E-state index in [2.05, 4.69) is 13.0 Å². The summed E-state index contributed by atoms with van der Waals surface area (Å²) in [4.78, 5) is 14.6. The Morgan fingerprint density at radius 1 is 1.37 bits per heavy atom. The minimum Gasteiger partial charge on any atom is -0.485 e. The number of nitrogens with zero attached hydrogens (tertiary/aromatic N) is 1. The largest absolute Gasteiger partial charge is 0.485 e. The SMILES string of the molecule is CC12CC(c3ccccc3O1)N(C(=O)C(C)(C)C)C2. The summed E-state index contributed by atoms with van der Waals surface area (Å²) in [6.07, 6.45) is 0.895. The molecule has 2 aliphatic rings. The van der Waals surface area contributed by atoms with Gasteiger partial charge in [0.1, 0.15) is 11.4 Å². The van der Waals surface area contributed by atoms with Crippen LogP contribution in [0.5, 0.6) is 5.75 Å². The zero-order valence-electron chi connectivity index (χ0n) is 12.1. The molecule has 3 nitrogen and oxygen atoms in total. The maximum absolute atomic E-state index is 12.6. The highest BCUT2D eigenvalue weighted by Gasteiger charge is 2.50. The Balaban J connectivity index is 2.02. The average molecular weight is 259 g/mol. The first-order chi connectivity index (χ1) is 8.80. The fourth-order valence-corrected chi connectivity index (χ4v) is 3.16. The molecule has 102 valence electrons. The lowest BCUT2D eigenvalue weighted by atomic mass is 9.92. The molecule has 0 spiro atoms. The minimum absolute atomic E-state index is 0.168. The molecule has 2 heterocycles. The predicted molar refractivity (Wildman–Crippen MR) is 74.0 cm³/mol. The van der Waals surface area contributed by atoms with E-state index in [1.807, 2.05) is 43.9 Å². The molecule has 1 amide bonds. The highest BCUT2D eigenvalue weighted by molar-refractivity contribution is 5.82. The van der Waals surface area contributed by atoms with E-state index in [0.717, 1.165) is 17.7 Å². The lowest BCUT2D eigenvalue weighted by Gasteiger charge is -2.32. The van der Waals surface area contributed by atoms with Gasteiger partial charge < -0.3 is 9.64 Å². The number of amides is 1. The molecule has 0 aromatic heterocycles. The molecule has 3 heteroatoms. The fraction of sp³-hybridized carbons (Fsp3) is 0.562. The quantitative estimate of drug-likeness (QED) is 0.716. The van der Waals surface area contributed by atoms with Gasteiger partial charge in [-0.2, -0.15) is 0 Å². The second kappa shape index (κ2) is 3.75. The van der Waals surface area contributed by atoms with Crippen LogP contribution in [0, 0.1) is 5.41 Å². The second-order valence-electron chi connectivity index (χ2n) is 6.99. The van der Waals surface area contributed by atoms with Gasteiger partial charge in [-0.05, 0) is 13.0 Å². The van der Waals surface area contributed by atoms with Crippen LogP contribution in [0.3, 0.4) is 0 Å². The molecule has 1 fully saturated rings. The van der Waals surface area contributed by atoms with Gasteiger partial charge in [0.2, 0.25) is 5.91 Å². The molecular weight excluding hydrogens is 238 g/mol. The number of hydrogen-bond acceptors (Lipinski definition) is 2. The first-order valence-corrected chi connectivity index (χ1v) is 6.89. The molecule has 2 bridgehead atoms. The van der Waals surface area contributed by atoms with E-state index >= 15 is 0 Å². The average Bonchev–Trinajstić information content (AvgIpc) is 2.60. The number of benzene rings is 1. The summed E-state index contributed by atoms with van der Waals surface area (Å²) >= 11 is 0. The third-order valence-corrected chi connectivity index (χ3v) is 4.04. The molecule has 0 saturated carbocycles. The van der Waals surface area contributed by atoms with Crippen molar-refractivity contribution in [2.75, 3.05) is 6.54 Å². The van der Waals surface area contributed by atoms with Crippen molar-refractivity contribution in [2.24, 2.45) is 5.41 Å². The Morgan fingerprint density at radius 2 is 2.05 bits per heavy atom. The first-order valence-electron chi connectivity index (χ1n) is 6.89. The number of carbonyl (C=O) groups excluding carboxylic acids is 1. The van der Waals surface area contributed by atoms with Crippen LogP contribution in [-0.4, -0.2) is 23.0 Å². The van der Waals surface area contributed by atoms with Crippen LogP contribution in [0.4, 0.5) is 0 Å². The molecule has 1 saturated heterocycles. The molecule has 0 N–H and O–H groups in total. The number of hydrogen-bond donors (Lipinski definition) is 0. The summed E-state index contributed by atoms with van der Waals surface area (Å²) < 4.78 is 6.11. The zero-order chi connectivity index (χ0) is 13.8. The van der Waals surface area contributed by atoms with Gasteiger partial charge in [0.05, 0.1) is 12.6 Å². The molecule has 2 aliphatic heterocycles. The highest BCUT2D eigenvalue weighted by Crippen LogP contribution is 2.49. The van der Waals surface area contributed by atoms with E-state index in [4.69, 9.17) is 4.74 Å². The summed E-state index contributed by atoms with van der Waals surface area (Å²) in [6, 6.07) is 8.26. The maximum Gasteiger partial charge on any atom is 0.228 e. The van der Waals surface area contributed by atoms with Gasteiger partial charge >= 0.3 is 0 Å². The third-order valence-electron chi connectivity index (χ3n) is 4.04. The summed E-state index contributed by atoms with van der Waals surface area (Å²) in [6.45, 7) is 8.72. The fourth-order valence-electron chi connectivity index (χ4n) is 3.16. The van der Waals surface area contributed by atoms with Crippen LogP contribution in [0.1, 0.15) is 45.7 Å². The van der Waals surface area contributed by atoms with Gasteiger partial charge in [0, 0.05) is 17.4 Å². The smallest absolute Gasteiger partial charge is 0.228 e. The lowest BCUT2D eigenvalue weighted by Crippen LogP contribution is -2.41. The van der Waals surface area contributed by atoms with Gasteiger partial charge in [0.15, 0.2) is 0 Å². The van der Waals surface area contributed by atoms with Gasteiger partial charge in [-0.1, -0.05) is 39.0 Å². The Morgan fingerprint density at radius 3 is 2.74 bits per heavy atom. The number of ether oxygens (including phenoxy) is 1. The Kier molecular flexibility index (Phi) is 2.47. The normalized spacial score (nSPS) is 28.8. The topological polar surface area (TPSA) is 29.5 Å². The molecular formula is C16H21NO2. The number of para-hydroxylation sites is 1. The van der Waals surface area contributed by atoms with Crippen molar-refractivity contribution < 1.29 is 9.53 Å². The minimum atomic E-state index is -0.344. The van der Waals surface area contributed by atoms with Crippen molar-refractivity contribution in [2.45, 2.75) is 45.8 Å². The lowest BCUT2D eigenvalue weighted by molar-refractivity contribution is -0.140. The number of rotatable bonds is 0. The monoisotopic (exact) mass is 259 g/mol. The van der Waals surface area contributed by atoms with Crippen LogP contribution in [-0.2, 0) is 4.79 Å². The van der Waals surface area contributed by atoms with E-state index in [1.165, 1.54) is 0 Å². The third kappa shape index (κ3) is 1.92. The van der Waals surface area contributed by atoms with Crippen molar-refractivity contribution in [1.29, 1.82) is 0 Å². The van der Waals surface area contributed by atoms with E-state index in [0.29, 0.717) is 6.54 Å². The van der Waals surface area contributed by atoms with Crippen molar-refractivity contribution in [3.05, 3.63) is 29.8 Å². The van der Waals surface area contributed by atoms with Crippen LogP contribution in [0.15, 0.2) is 24.3 Å². The highest BCUT2D eigenvalue weighted by atomic mass is 16.5. The molecule has 19 heavy (non-hydrogen) atoms. The molecule has 1 aromatic carbocycles. The number of carbonyl (C=O) groups is 1. The van der Waals surface area contributed by atoms with Gasteiger partial charge in [-0.3, -0.25) is 4.79 Å². The van der Waals surface area contributed by atoms with Crippen molar-refractivity contribution in [3.63, 3.8) is 0 Å². The zero-order valence-corrected chi connectivity index (χ0v) is 12.1. The predicted octanol–water partition coefficient (Wildman–Crippen LogP) is 3.16. The molecule has 2 unspecified atom stereocenters. The number of fused-ring (bicyclic) bond motifs is 4. The van der Waals surface area contributed by atoms with Crippen molar-refractivity contribution in [1.82, 2.24) is 4.90 Å². The Labute approximate surface area is 114 Å². The van der Waals surface area contributed by atoms with Crippen LogP contribution < -0.4 is 4.74 Å². The van der Waals surface area contributed by atoms with Crippen molar-refractivity contribution >= 4 is 5.91 Å². The van der Waals surface area contributed by atoms with Gasteiger partial charge in [-0.25, -0.2) is 0 Å². The molecule has 3 rings (SSSR count). The summed E-state index contributed by atoms with van der Waals surface area (Å²) in [5, 5.41) is 0. The first kappa shape index (κ1) is 12.5. The van der Waals surface area contributed by atoms with Crippen LogP contribution in [0.2, 0.25) is 0 Å². The molecule has 1 aromatic rings. The number of likely N-dealkylation sites (tertiary alicyclic amines) is 1. The van der Waals surface area contributed by atoms with E-state index < -0.39 is 0 Å². The van der Waals surface area contributed by atoms with E-state index in [9.17, 15) is 4.79 Å². The van der Waals surface area contributed by atoms with Crippen LogP contribution in [0.25, 0.3) is 0 Å². The van der Waals surface area contributed by atoms with E-state index in [1.54, 1.807) is 0 Å².